The molecule has 1 amide bonds. The van der Waals surface area contributed by atoms with Crippen LogP contribution < -0.4 is 5.32 Å². The Balaban J connectivity index is 1.22. The molecule has 0 aliphatic carbocycles. The fourth-order valence-corrected chi connectivity index (χ4v) is 4.84. The van der Waals surface area contributed by atoms with Crippen molar-refractivity contribution in [2.45, 2.75) is 13.1 Å². The second kappa shape index (κ2) is 9.59. The van der Waals surface area contributed by atoms with E-state index in [9.17, 15) is 4.79 Å². The highest BCUT2D eigenvalue weighted by atomic mass is 35.5. The molecule has 0 radical (unpaired) electrons. The molecule has 0 spiro atoms. The van der Waals surface area contributed by atoms with Crippen molar-refractivity contribution in [1.29, 1.82) is 0 Å². The molecule has 0 bridgehead atoms. The molecule has 5 nitrogen and oxygen atoms in total. The monoisotopic (exact) mass is 429 g/mol. The normalized spacial score (nSPS) is 15.5. The van der Waals surface area contributed by atoms with Crippen LogP contribution in [0.4, 0.5) is 0 Å². The quantitative estimate of drug-likeness (QED) is 0.614. The van der Waals surface area contributed by atoms with E-state index in [2.05, 4.69) is 33.3 Å². The van der Waals surface area contributed by atoms with Crippen LogP contribution in [0.1, 0.15) is 10.6 Å². The molecule has 1 aliphatic heterocycles. The highest BCUT2D eigenvalue weighted by molar-refractivity contribution is 7.15. The largest absolute Gasteiger partial charge is 0.467 e. The van der Waals surface area contributed by atoms with Gasteiger partial charge < -0.3 is 9.73 Å². The van der Waals surface area contributed by atoms with E-state index in [0.29, 0.717) is 13.1 Å². The van der Waals surface area contributed by atoms with E-state index in [4.69, 9.17) is 16.0 Å². The van der Waals surface area contributed by atoms with Gasteiger partial charge in [-0.1, -0.05) is 29.8 Å². The van der Waals surface area contributed by atoms with Crippen LogP contribution in [0, 0.1) is 0 Å². The lowest BCUT2D eigenvalue weighted by Crippen LogP contribution is -2.48. The molecule has 0 saturated carbocycles. The van der Waals surface area contributed by atoms with Gasteiger partial charge in [0.25, 0.3) is 0 Å². The highest BCUT2D eigenvalue weighted by Gasteiger charge is 2.19. The van der Waals surface area contributed by atoms with Crippen LogP contribution in [0.25, 0.3) is 10.4 Å². The molecule has 0 atom stereocenters. The number of carbonyl (C=O) groups is 1. The molecule has 3 heterocycles. The predicted molar refractivity (Wildman–Crippen MR) is 117 cm³/mol. The van der Waals surface area contributed by atoms with Gasteiger partial charge in [0.2, 0.25) is 5.91 Å². The van der Waals surface area contributed by atoms with Crippen LogP contribution in [0.15, 0.2) is 59.2 Å². The van der Waals surface area contributed by atoms with Crippen LogP contribution in [-0.2, 0) is 17.9 Å². The zero-order valence-corrected chi connectivity index (χ0v) is 17.7. The third kappa shape index (κ3) is 5.48. The van der Waals surface area contributed by atoms with Crippen LogP contribution >= 0.6 is 22.9 Å². The molecule has 7 heteroatoms. The van der Waals surface area contributed by atoms with Crippen molar-refractivity contribution in [1.82, 2.24) is 15.1 Å². The van der Waals surface area contributed by atoms with Crippen molar-refractivity contribution in [2.24, 2.45) is 0 Å². The molecule has 152 valence electrons. The first-order valence-electron chi connectivity index (χ1n) is 9.75. The average Bonchev–Trinajstić information content (AvgIpc) is 3.40. The van der Waals surface area contributed by atoms with Gasteiger partial charge in [0.05, 0.1) is 19.4 Å². The number of nitrogens with one attached hydrogen (secondary N) is 1. The van der Waals surface area contributed by atoms with Crippen molar-refractivity contribution in [2.75, 3.05) is 32.7 Å². The molecule has 0 unspecified atom stereocenters. The lowest BCUT2D eigenvalue weighted by atomic mass is 10.2. The molecule has 1 aromatic carbocycles. The Morgan fingerprint density at radius 3 is 2.59 bits per heavy atom. The van der Waals surface area contributed by atoms with Crippen molar-refractivity contribution in [3.63, 3.8) is 0 Å². The smallest absolute Gasteiger partial charge is 0.234 e. The van der Waals surface area contributed by atoms with Crippen molar-refractivity contribution < 1.29 is 9.21 Å². The van der Waals surface area contributed by atoms with Crippen LogP contribution in [0.5, 0.6) is 0 Å². The minimum absolute atomic E-state index is 0.0393. The standard InChI is InChI=1S/C22H24ClN3O2S/c23-20-6-2-1-5-19(20)21-8-7-18(29-21)15-25-9-11-26(12-10-25)16-22(27)24-14-17-4-3-13-28-17/h1-8,13H,9-12,14-16H2,(H,24,27). The molecule has 1 fully saturated rings. The molecule has 1 aliphatic rings. The Bertz CT molecular complexity index is 933. The summed E-state index contributed by atoms with van der Waals surface area (Å²) in [5.41, 5.74) is 1.09. The number of carbonyl (C=O) groups excluding carboxylic acids is 1. The highest BCUT2D eigenvalue weighted by Crippen LogP contribution is 2.33. The Morgan fingerprint density at radius 2 is 1.83 bits per heavy atom. The second-order valence-electron chi connectivity index (χ2n) is 7.15. The lowest BCUT2D eigenvalue weighted by molar-refractivity contribution is -0.122. The van der Waals surface area contributed by atoms with Crippen LogP contribution in [0.2, 0.25) is 5.02 Å². The topological polar surface area (TPSA) is 48.7 Å². The number of amides is 1. The van der Waals surface area contributed by atoms with E-state index >= 15 is 0 Å². The second-order valence-corrected chi connectivity index (χ2v) is 8.73. The maximum atomic E-state index is 12.1. The van der Waals surface area contributed by atoms with Gasteiger partial charge in [-0.2, -0.15) is 0 Å². The fourth-order valence-electron chi connectivity index (χ4n) is 3.45. The summed E-state index contributed by atoms with van der Waals surface area (Å²) in [5, 5.41) is 3.70. The van der Waals surface area contributed by atoms with E-state index in [1.807, 2.05) is 30.3 Å². The Labute approximate surface area is 179 Å². The van der Waals surface area contributed by atoms with E-state index in [0.717, 1.165) is 49.1 Å². The minimum atomic E-state index is 0.0393. The molecule has 29 heavy (non-hydrogen) atoms. The molecule has 1 saturated heterocycles. The first-order valence-corrected chi connectivity index (χ1v) is 10.9. The Hall–Kier alpha value is -2.12. The fraction of sp³-hybridized carbons (Fsp3) is 0.318. The number of hydrogen-bond acceptors (Lipinski definition) is 5. The first kappa shape index (κ1) is 20.2. The summed E-state index contributed by atoms with van der Waals surface area (Å²) < 4.78 is 5.24. The van der Waals surface area contributed by atoms with E-state index in [-0.39, 0.29) is 5.91 Å². The number of hydrogen-bond donors (Lipinski definition) is 1. The summed E-state index contributed by atoms with van der Waals surface area (Å²) in [7, 11) is 0. The maximum Gasteiger partial charge on any atom is 0.234 e. The summed E-state index contributed by atoms with van der Waals surface area (Å²) in [6.07, 6.45) is 1.62. The number of nitrogens with zero attached hydrogens (tertiary/aromatic N) is 2. The van der Waals surface area contributed by atoms with Crippen LogP contribution in [0.3, 0.4) is 0 Å². The summed E-state index contributed by atoms with van der Waals surface area (Å²) in [4.78, 5) is 19.3. The third-order valence-corrected chi connectivity index (χ3v) is 6.49. The molecule has 3 aromatic rings. The number of thiophene rings is 1. The van der Waals surface area contributed by atoms with Crippen LogP contribution in [-0.4, -0.2) is 48.4 Å². The number of furan rings is 1. The summed E-state index contributed by atoms with van der Waals surface area (Å²) in [6, 6.07) is 16.0. The van der Waals surface area contributed by atoms with Crippen molar-refractivity contribution in [3.05, 3.63) is 70.5 Å². The van der Waals surface area contributed by atoms with Gasteiger partial charge in [0.1, 0.15) is 5.76 Å². The predicted octanol–water partition coefficient (Wildman–Crippen LogP) is 4.10. The molecule has 1 N–H and O–H groups in total. The average molecular weight is 430 g/mol. The molecular formula is C22H24ClN3O2S. The third-order valence-electron chi connectivity index (χ3n) is 5.05. The zero-order chi connectivity index (χ0) is 20.1. The molecule has 2 aromatic heterocycles. The van der Waals surface area contributed by atoms with E-state index < -0.39 is 0 Å². The van der Waals surface area contributed by atoms with E-state index in [1.54, 1.807) is 17.6 Å². The Kier molecular flexibility index (Phi) is 6.67. The van der Waals surface area contributed by atoms with E-state index in [1.165, 1.54) is 9.75 Å². The number of piperazine rings is 1. The van der Waals surface area contributed by atoms with Gasteiger partial charge in [-0.25, -0.2) is 0 Å². The summed E-state index contributed by atoms with van der Waals surface area (Å²) >= 11 is 8.12. The maximum absolute atomic E-state index is 12.1. The Morgan fingerprint density at radius 1 is 1.03 bits per heavy atom. The minimum Gasteiger partial charge on any atom is -0.467 e. The molecule has 4 rings (SSSR count). The van der Waals surface area contributed by atoms with Gasteiger partial charge in [0, 0.05) is 53.1 Å². The zero-order valence-electron chi connectivity index (χ0n) is 16.1. The van der Waals surface area contributed by atoms with Gasteiger partial charge in [-0.05, 0) is 30.3 Å². The van der Waals surface area contributed by atoms with Crippen molar-refractivity contribution in [3.8, 4) is 10.4 Å². The van der Waals surface area contributed by atoms with Crippen molar-refractivity contribution >= 4 is 28.8 Å². The van der Waals surface area contributed by atoms with Gasteiger partial charge in [0.15, 0.2) is 0 Å². The summed E-state index contributed by atoms with van der Waals surface area (Å²) in [6.45, 7) is 5.54. The molecular weight excluding hydrogens is 406 g/mol. The van der Waals surface area contributed by atoms with Gasteiger partial charge in [-0.3, -0.25) is 14.6 Å². The van der Waals surface area contributed by atoms with Gasteiger partial charge in [-0.15, -0.1) is 11.3 Å². The number of rotatable bonds is 7. The van der Waals surface area contributed by atoms with Gasteiger partial charge >= 0.3 is 0 Å². The first-order chi connectivity index (χ1) is 14.2. The lowest BCUT2D eigenvalue weighted by Gasteiger charge is -2.34. The summed E-state index contributed by atoms with van der Waals surface area (Å²) in [5.74, 6) is 0.813. The number of benzene rings is 1. The number of halogens is 1. The SMILES string of the molecule is O=C(CN1CCN(Cc2ccc(-c3ccccc3Cl)s2)CC1)NCc1ccco1.